The van der Waals surface area contributed by atoms with Gasteiger partial charge in [-0.05, 0) is 49.5 Å². The molecule has 1 unspecified atom stereocenters. The molecule has 3 heteroatoms. The van der Waals surface area contributed by atoms with E-state index < -0.39 is 0 Å². The molecule has 0 amide bonds. The minimum Gasteiger partial charge on any atom is -0.331 e. The Morgan fingerprint density at radius 2 is 1.92 bits per heavy atom. The number of benzene rings is 2. The highest BCUT2D eigenvalue weighted by molar-refractivity contribution is 5.74. The van der Waals surface area contributed by atoms with Gasteiger partial charge in [0.25, 0.3) is 0 Å². The third kappa shape index (κ3) is 3.88. The number of aromatic nitrogens is 2. The van der Waals surface area contributed by atoms with Crippen molar-refractivity contribution < 1.29 is 0 Å². The number of hydrogen-bond donors (Lipinski definition) is 1. The van der Waals surface area contributed by atoms with Crippen LogP contribution in [0, 0.1) is 6.92 Å². The summed E-state index contributed by atoms with van der Waals surface area (Å²) >= 11 is 0. The summed E-state index contributed by atoms with van der Waals surface area (Å²) < 4.78 is 2.28. The van der Waals surface area contributed by atoms with Gasteiger partial charge in [-0.1, -0.05) is 54.5 Å². The molecular formula is C23H27N3. The number of hydrogen-bond acceptors (Lipinski definition) is 2. The second-order valence-corrected chi connectivity index (χ2v) is 7.33. The minimum absolute atomic E-state index is 0.593. The van der Waals surface area contributed by atoms with Crippen LogP contribution in [0.1, 0.15) is 36.8 Å². The van der Waals surface area contributed by atoms with Gasteiger partial charge in [-0.3, -0.25) is 0 Å². The molecule has 0 spiro atoms. The molecule has 0 saturated heterocycles. The predicted molar refractivity (Wildman–Crippen MR) is 109 cm³/mol. The molecule has 1 aliphatic heterocycles. The maximum Gasteiger partial charge on any atom is 0.0958 e. The zero-order valence-electron chi connectivity index (χ0n) is 15.5. The Labute approximate surface area is 155 Å². The zero-order valence-corrected chi connectivity index (χ0v) is 15.5. The lowest BCUT2D eigenvalue weighted by atomic mass is 9.92. The Balaban J connectivity index is 1.27. The van der Waals surface area contributed by atoms with Crippen LogP contribution in [0.15, 0.2) is 60.9 Å². The van der Waals surface area contributed by atoms with Crippen molar-refractivity contribution >= 4 is 16.6 Å². The lowest BCUT2D eigenvalue weighted by Gasteiger charge is -2.24. The van der Waals surface area contributed by atoms with Crippen LogP contribution in [0.2, 0.25) is 0 Å². The standard InChI is InChI=1S/C23H27N3/c1-18-9-11-19(12-10-18)20-13-14-24-21(16-20)6-4-5-15-26-17-25-22-7-2-3-8-23(22)26/h2-3,7-13,17,21,24H,4-6,14-16H2,1H3. The lowest BCUT2D eigenvalue weighted by Crippen LogP contribution is -2.32. The first-order valence-electron chi connectivity index (χ1n) is 9.69. The lowest BCUT2D eigenvalue weighted by molar-refractivity contribution is 0.465. The summed E-state index contributed by atoms with van der Waals surface area (Å²) in [5.74, 6) is 0. The molecule has 26 heavy (non-hydrogen) atoms. The van der Waals surface area contributed by atoms with E-state index in [1.165, 1.54) is 41.5 Å². The molecule has 1 aromatic heterocycles. The smallest absolute Gasteiger partial charge is 0.0958 e. The quantitative estimate of drug-likeness (QED) is 0.640. The van der Waals surface area contributed by atoms with Gasteiger partial charge in [-0.25, -0.2) is 4.98 Å². The van der Waals surface area contributed by atoms with Gasteiger partial charge in [0.1, 0.15) is 0 Å². The molecule has 4 rings (SSSR count). The number of imidazole rings is 1. The van der Waals surface area contributed by atoms with E-state index in [1.54, 1.807) is 0 Å². The molecular weight excluding hydrogens is 318 g/mol. The fourth-order valence-corrected chi connectivity index (χ4v) is 3.84. The third-order valence-electron chi connectivity index (χ3n) is 5.37. The Morgan fingerprint density at radius 1 is 1.08 bits per heavy atom. The fraction of sp³-hybridized carbons (Fsp3) is 0.348. The zero-order chi connectivity index (χ0) is 17.8. The summed E-state index contributed by atoms with van der Waals surface area (Å²) in [6, 6.07) is 17.9. The van der Waals surface area contributed by atoms with E-state index in [4.69, 9.17) is 0 Å². The first kappa shape index (κ1) is 17.0. The fourth-order valence-electron chi connectivity index (χ4n) is 3.84. The van der Waals surface area contributed by atoms with Crippen molar-refractivity contribution in [1.82, 2.24) is 14.9 Å². The highest BCUT2D eigenvalue weighted by Crippen LogP contribution is 2.25. The van der Waals surface area contributed by atoms with Gasteiger partial charge < -0.3 is 9.88 Å². The second kappa shape index (κ2) is 7.88. The average molecular weight is 345 g/mol. The second-order valence-electron chi connectivity index (χ2n) is 7.33. The molecule has 0 radical (unpaired) electrons. The molecule has 0 fully saturated rings. The first-order chi connectivity index (χ1) is 12.8. The van der Waals surface area contributed by atoms with Crippen LogP contribution < -0.4 is 5.32 Å². The van der Waals surface area contributed by atoms with Crippen LogP contribution in [-0.2, 0) is 6.54 Å². The van der Waals surface area contributed by atoms with Gasteiger partial charge in [0, 0.05) is 19.1 Å². The van der Waals surface area contributed by atoms with Crippen LogP contribution in [-0.4, -0.2) is 22.1 Å². The van der Waals surface area contributed by atoms with Crippen molar-refractivity contribution in [2.24, 2.45) is 0 Å². The highest BCUT2D eigenvalue weighted by Gasteiger charge is 2.15. The van der Waals surface area contributed by atoms with Crippen molar-refractivity contribution in [3.63, 3.8) is 0 Å². The summed E-state index contributed by atoms with van der Waals surface area (Å²) in [4.78, 5) is 4.48. The summed E-state index contributed by atoms with van der Waals surface area (Å²) in [5.41, 5.74) is 6.54. The number of nitrogens with zero attached hydrogens (tertiary/aromatic N) is 2. The summed E-state index contributed by atoms with van der Waals surface area (Å²) in [5, 5.41) is 3.66. The SMILES string of the molecule is Cc1ccc(C2=CCNC(CCCCn3cnc4ccccc43)C2)cc1. The van der Waals surface area contributed by atoms with Crippen molar-refractivity contribution in [2.45, 2.75) is 45.2 Å². The van der Waals surface area contributed by atoms with Gasteiger partial charge in [0.05, 0.1) is 17.4 Å². The highest BCUT2D eigenvalue weighted by atomic mass is 15.0. The molecule has 1 aliphatic rings. The Bertz CT molecular complexity index is 889. The van der Waals surface area contributed by atoms with E-state index in [-0.39, 0.29) is 0 Å². The molecule has 3 nitrogen and oxygen atoms in total. The molecule has 0 bridgehead atoms. The predicted octanol–water partition coefficient (Wildman–Crippen LogP) is 4.96. The molecule has 1 atom stereocenters. The van der Waals surface area contributed by atoms with Gasteiger partial charge in [0.15, 0.2) is 0 Å². The van der Waals surface area contributed by atoms with Gasteiger partial charge in [-0.15, -0.1) is 0 Å². The molecule has 134 valence electrons. The normalized spacial score (nSPS) is 17.4. The van der Waals surface area contributed by atoms with E-state index in [9.17, 15) is 0 Å². The number of unbranched alkanes of at least 4 members (excludes halogenated alkanes) is 1. The maximum absolute atomic E-state index is 4.48. The summed E-state index contributed by atoms with van der Waals surface area (Å²) in [6.07, 6.45) is 9.13. The van der Waals surface area contributed by atoms with Crippen LogP contribution in [0.5, 0.6) is 0 Å². The minimum atomic E-state index is 0.593. The van der Waals surface area contributed by atoms with Gasteiger partial charge in [-0.2, -0.15) is 0 Å². The maximum atomic E-state index is 4.48. The molecule has 1 N–H and O–H groups in total. The van der Waals surface area contributed by atoms with Crippen LogP contribution in [0.3, 0.4) is 0 Å². The van der Waals surface area contributed by atoms with Gasteiger partial charge in [0.2, 0.25) is 0 Å². The Hall–Kier alpha value is -2.39. The first-order valence-corrected chi connectivity index (χ1v) is 9.69. The van der Waals surface area contributed by atoms with E-state index in [0.29, 0.717) is 6.04 Å². The van der Waals surface area contributed by atoms with E-state index in [2.05, 4.69) is 70.3 Å². The van der Waals surface area contributed by atoms with E-state index in [0.717, 1.165) is 25.0 Å². The number of para-hydroxylation sites is 2. The number of nitrogens with one attached hydrogen (secondary N) is 1. The topological polar surface area (TPSA) is 29.9 Å². The van der Waals surface area contributed by atoms with Crippen molar-refractivity contribution in [3.05, 3.63) is 72.1 Å². The number of fused-ring (bicyclic) bond motifs is 1. The monoisotopic (exact) mass is 345 g/mol. The number of rotatable bonds is 6. The molecule has 2 aromatic carbocycles. The molecule has 2 heterocycles. The van der Waals surface area contributed by atoms with Gasteiger partial charge >= 0.3 is 0 Å². The molecule has 3 aromatic rings. The summed E-state index contributed by atoms with van der Waals surface area (Å²) in [6.45, 7) is 4.18. The summed E-state index contributed by atoms with van der Waals surface area (Å²) in [7, 11) is 0. The molecule has 0 aliphatic carbocycles. The van der Waals surface area contributed by atoms with E-state index >= 15 is 0 Å². The van der Waals surface area contributed by atoms with Crippen LogP contribution in [0.25, 0.3) is 16.6 Å². The Kier molecular flexibility index (Phi) is 5.16. The molecule has 0 saturated carbocycles. The van der Waals surface area contributed by atoms with Crippen molar-refractivity contribution in [3.8, 4) is 0 Å². The largest absolute Gasteiger partial charge is 0.331 e. The Morgan fingerprint density at radius 3 is 2.81 bits per heavy atom. The average Bonchev–Trinajstić information content (AvgIpc) is 3.09. The third-order valence-corrected chi connectivity index (χ3v) is 5.37. The number of aryl methyl sites for hydroxylation is 2. The van der Waals surface area contributed by atoms with Crippen molar-refractivity contribution in [2.75, 3.05) is 6.54 Å². The van der Waals surface area contributed by atoms with E-state index in [1.807, 2.05) is 12.4 Å². The van der Waals surface area contributed by atoms with Crippen LogP contribution >= 0.6 is 0 Å². The van der Waals surface area contributed by atoms with Crippen molar-refractivity contribution in [1.29, 1.82) is 0 Å². The van der Waals surface area contributed by atoms with Crippen LogP contribution in [0.4, 0.5) is 0 Å².